The van der Waals surface area contributed by atoms with Crippen LogP contribution in [0, 0.1) is 0 Å². The Balaban J connectivity index is 1.73. The Hall–Kier alpha value is -2.74. The molecule has 1 heterocycles. The molecule has 1 fully saturated rings. The maximum absolute atomic E-state index is 13.3. The summed E-state index contributed by atoms with van der Waals surface area (Å²) in [4.78, 5) is 26.9. The van der Waals surface area contributed by atoms with Crippen molar-refractivity contribution < 1.29 is 27.5 Å². The van der Waals surface area contributed by atoms with Crippen LogP contribution in [0.1, 0.15) is 41.6 Å². The van der Waals surface area contributed by atoms with Crippen molar-refractivity contribution in [3.8, 4) is 5.75 Å². The molecule has 0 saturated carbocycles. The van der Waals surface area contributed by atoms with E-state index in [1.807, 2.05) is 0 Å². The summed E-state index contributed by atoms with van der Waals surface area (Å²) < 4.78 is 45.5. The molecule has 0 aromatic heterocycles. The molecule has 0 radical (unpaired) electrons. The van der Waals surface area contributed by atoms with Crippen LogP contribution in [0.3, 0.4) is 0 Å². The van der Waals surface area contributed by atoms with Gasteiger partial charge < -0.3 is 15.0 Å². The molecule has 1 aliphatic heterocycles. The lowest BCUT2D eigenvalue weighted by molar-refractivity contribution is -0.137. The van der Waals surface area contributed by atoms with Gasteiger partial charge >= 0.3 is 6.18 Å². The van der Waals surface area contributed by atoms with Crippen molar-refractivity contribution in [2.75, 3.05) is 25.0 Å². The van der Waals surface area contributed by atoms with E-state index in [1.54, 1.807) is 17.0 Å². The highest BCUT2D eigenvalue weighted by Gasteiger charge is 2.34. The van der Waals surface area contributed by atoms with Gasteiger partial charge in [-0.2, -0.15) is 13.2 Å². The zero-order chi connectivity index (χ0) is 22.4. The first-order valence-corrected chi connectivity index (χ1v) is 10.3. The number of alkyl halides is 3. The van der Waals surface area contributed by atoms with Crippen LogP contribution in [0.15, 0.2) is 42.5 Å². The van der Waals surface area contributed by atoms with Crippen molar-refractivity contribution in [2.24, 2.45) is 0 Å². The Bertz CT molecular complexity index is 942. The van der Waals surface area contributed by atoms with Crippen LogP contribution in [0.2, 0.25) is 5.02 Å². The number of amides is 2. The summed E-state index contributed by atoms with van der Waals surface area (Å²) in [5.41, 5.74) is -1.45. The quantitative estimate of drug-likeness (QED) is 0.658. The smallest absolute Gasteiger partial charge is 0.418 e. The number of hydrogen-bond acceptors (Lipinski definition) is 3. The molecule has 5 nitrogen and oxygen atoms in total. The molecule has 3 rings (SSSR count). The van der Waals surface area contributed by atoms with Crippen LogP contribution in [-0.4, -0.2) is 36.4 Å². The van der Waals surface area contributed by atoms with Crippen LogP contribution in [0.5, 0.6) is 5.75 Å². The molecule has 1 saturated heterocycles. The fraction of sp³-hybridized carbons (Fsp3) is 0.364. The molecule has 2 aromatic carbocycles. The van der Waals surface area contributed by atoms with Crippen LogP contribution in [-0.2, 0) is 11.0 Å². The molecule has 0 spiro atoms. The van der Waals surface area contributed by atoms with Crippen molar-refractivity contribution in [3.63, 3.8) is 0 Å². The summed E-state index contributed by atoms with van der Waals surface area (Å²) in [5, 5.41) is 2.17. The summed E-state index contributed by atoms with van der Waals surface area (Å²) in [6.07, 6.45) is -0.652. The molecule has 0 unspecified atom stereocenters. The molecule has 2 amide bonds. The molecule has 1 N–H and O–H groups in total. The highest BCUT2D eigenvalue weighted by molar-refractivity contribution is 6.30. The number of benzene rings is 2. The number of halogens is 4. The zero-order valence-corrected chi connectivity index (χ0v) is 17.4. The summed E-state index contributed by atoms with van der Waals surface area (Å²) >= 11 is 5.68. The second-order valence-corrected chi connectivity index (χ2v) is 7.66. The van der Waals surface area contributed by atoms with Gasteiger partial charge in [0.25, 0.3) is 11.8 Å². The van der Waals surface area contributed by atoms with Crippen LogP contribution < -0.4 is 10.1 Å². The first-order valence-electron chi connectivity index (χ1n) is 9.93. The van der Waals surface area contributed by atoms with E-state index < -0.39 is 23.3 Å². The third-order valence-corrected chi connectivity index (χ3v) is 5.21. The first kappa shape index (κ1) is 22.9. The lowest BCUT2D eigenvalue weighted by Crippen LogP contribution is -2.35. The van der Waals surface area contributed by atoms with Crippen molar-refractivity contribution in [1.29, 1.82) is 0 Å². The number of ether oxygens (including phenoxy) is 1. The number of carbonyl (C=O) groups is 2. The molecule has 1 aliphatic rings. The topological polar surface area (TPSA) is 58.6 Å². The van der Waals surface area contributed by atoms with E-state index in [9.17, 15) is 22.8 Å². The van der Waals surface area contributed by atoms with E-state index in [1.165, 1.54) is 18.2 Å². The maximum Gasteiger partial charge on any atom is 0.418 e. The number of rotatable bonds is 5. The average Bonchev–Trinajstić information content (AvgIpc) is 3.02. The normalized spacial score (nSPS) is 14.6. The number of anilines is 1. The minimum atomic E-state index is -4.69. The first-order chi connectivity index (χ1) is 14.8. The van der Waals surface area contributed by atoms with Gasteiger partial charge in [0.05, 0.1) is 16.8 Å². The summed E-state index contributed by atoms with van der Waals surface area (Å²) in [7, 11) is 0. The predicted molar refractivity (Wildman–Crippen MR) is 111 cm³/mol. The fourth-order valence-electron chi connectivity index (χ4n) is 3.38. The van der Waals surface area contributed by atoms with E-state index >= 15 is 0 Å². The van der Waals surface area contributed by atoms with Gasteiger partial charge in [0.2, 0.25) is 0 Å². The van der Waals surface area contributed by atoms with Gasteiger partial charge in [-0.15, -0.1) is 0 Å². The number of nitrogens with zero attached hydrogens (tertiary/aromatic N) is 1. The van der Waals surface area contributed by atoms with E-state index in [4.69, 9.17) is 16.3 Å². The van der Waals surface area contributed by atoms with E-state index in [-0.39, 0.29) is 28.8 Å². The van der Waals surface area contributed by atoms with Gasteiger partial charge in [-0.1, -0.05) is 36.6 Å². The van der Waals surface area contributed by atoms with Crippen molar-refractivity contribution in [1.82, 2.24) is 4.90 Å². The van der Waals surface area contributed by atoms with Crippen molar-refractivity contribution in [3.05, 3.63) is 58.6 Å². The Kier molecular flexibility index (Phi) is 7.43. The predicted octanol–water partition coefficient (Wildman–Crippen LogP) is 5.39. The van der Waals surface area contributed by atoms with Gasteiger partial charge in [-0.3, -0.25) is 9.59 Å². The monoisotopic (exact) mass is 454 g/mol. The lowest BCUT2D eigenvalue weighted by Gasteiger charge is -2.21. The van der Waals surface area contributed by atoms with E-state index in [0.717, 1.165) is 37.8 Å². The van der Waals surface area contributed by atoms with Crippen LogP contribution in [0.4, 0.5) is 18.9 Å². The molecule has 31 heavy (non-hydrogen) atoms. The highest BCUT2D eigenvalue weighted by atomic mass is 35.5. The Morgan fingerprint density at radius 1 is 1.03 bits per heavy atom. The lowest BCUT2D eigenvalue weighted by atomic mass is 10.1. The number of nitrogens with one attached hydrogen (secondary N) is 1. The molecule has 0 atom stereocenters. The molecule has 0 aliphatic carbocycles. The van der Waals surface area contributed by atoms with Crippen LogP contribution >= 0.6 is 11.6 Å². The molecular weight excluding hydrogens is 433 g/mol. The molecule has 0 bridgehead atoms. The fourth-order valence-corrected chi connectivity index (χ4v) is 3.55. The van der Waals surface area contributed by atoms with Crippen molar-refractivity contribution in [2.45, 2.75) is 31.9 Å². The summed E-state index contributed by atoms with van der Waals surface area (Å²) in [6, 6.07) is 9.20. The second-order valence-electron chi connectivity index (χ2n) is 7.22. The van der Waals surface area contributed by atoms with Gasteiger partial charge in [0.15, 0.2) is 6.61 Å². The largest absolute Gasteiger partial charge is 0.483 e. The molecular formula is C22H22ClF3N2O3. The third-order valence-electron chi connectivity index (χ3n) is 4.98. The SMILES string of the molecule is O=C(Nc1ccc(Cl)cc1C(F)(F)F)c1ccccc1OCC(=O)N1CCCCCC1. The summed E-state index contributed by atoms with van der Waals surface area (Å²) in [6.45, 7) is 1.08. The summed E-state index contributed by atoms with van der Waals surface area (Å²) in [5.74, 6) is -0.856. The van der Waals surface area contributed by atoms with Gasteiger partial charge in [-0.25, -0.2) is 0 Å². The Labute approximate surface area is 183 Å². The van der Waals surface area contributed by atoms with Gasteiger partial charge in [-0.05, 0) is 43.2 Å². The number of para-hydroxylation sites is 1. The van der Waals surface area contributed by atoms with Crippen LogP contribution in [0.25, 0.3) is 0 Å². The number of carbonyl (C=O) groups excluding carboxylic acids is 2. The Morgan fingerprint density at radius 2 is 1.71 bits per heavy atom. The molecule has 9 heteroatoms. The van der Waals surface area contributed by atoms with Gasteiger partial charge in [0, 0.05) is 18.1 Å². The third kappa shape index (κ3) is 6.13. The molecule has 2 aromatic rings. The molecule has 166 valence electrons. The average molecular weight is 455 g/mol. The zero-order valence-electron chi connectivity index (χ0n) is 16.7. The maximum atomic E-state index is 13.3. The van der Waals surface area contributed by atoms with E-state index in [0.29, 0.717) is 13.1 Å². The standard InChI is InChI=1S/C22H22ClF3N2O3/c23-15-9-10-18(17(13-15)22(24,25)26)27-21(30)16-7-3-4-8-19(16)31-14-20(29)28-11-5-1-2-6-12-28/h3-4,7-10,13H,1-2,5-6,11-12,14H2,(H,27,30). The minimum Gasteiger partial charge on any atom is -0.483 e. The van der Waals surface area contributed by atoms with Crippen molar-refractivity contribution >= 4 is 29.1 Å². The second kappa shape index (κ2) is 10.0. The number of hydrogen-bond donors (Lipinski definition) is 1. The number of likely N-dealkylation sites (tertiary alicyclic amines) is 1. The Morgan fingerprint density at radius 3 is 2.39 bits per heavy atom. The minimum absolute atomic E-state index is 0.0224. The highest BCUT2D eigenvalue weighted by Crippen LogP contribution is 2.37. The van der Waals surface area contributed by atoms with Gasteiger partial charge in [0.1, 0.15) is 5.75 Å². The van der Waals surface area contributed by atoms with E-state index in [2.05, 4.69) is 5.32 Å².